The number of hydrogen-bond acceptors (Lipinski definition) is 5. The number of nitrogens with two attached hydrogens (primary N) is 1. The summed E-state index contributed by atoms with van der Waals surface area (Å²) in [6.45, 7) is 0. The summed E-state index contributed by atoms with van der Waals surface area (Å²) in [5, 5.41) is 0.269. The molecule has 0 aliphatic rings. The highest BCUT2D eigenvalue weighted by Gasteiger charge is 2.25. The SMILES string of the molecule is COc1ccc2oc(-c3ccc(F)c(F)c3)c(C(=O)OC(N)=O)c2c1. The average Bonchev–Trinajstić information content (AvgIpc) is 2.95. The number of methoxy groups -OCH3 is 1. The average molecular weight is 347 g/mol. The van der Waals surface area contributed by atoms with Crippen molar-refractivity contribution in [3.05, 3.63) is 53.6 Å². The summed E-state index contributed by atoms with van der Waals surface area (Å²) in [6, 6.07) is 7.59. The van der Waals surface area contributed by atoms with Crippen molar-refractivity contribution in [3.63, 3.8) is 0 Å². The molecule has 0 aliphatic heterocycles. The van der Waals surface area contributed by atoms with Crippen molar-refractivity contribution in [2.45, 2.75) is 0 Å². The number of fused-ring (bicyclic) bond motifs is 1. The van der Waals surface area contributed by atoms with Crippen LogP contribution in [0.1, 0.15) is 10.4 Å². The normalized spacial score (nSPS) is 10.7. The van der Waals surface area contributed by atoms with E-state index in [0.717, 1.165) is 12.1 Å². The summed E-state index contributed by atoms with van der Waals surface area (Å²) in [4.78, 5) is 23.2. The van der Waals surface area contributed by atoms with Crippen molar-refractivity contribution >= 4 is 23.0 Å². The van der Waals surface area contributed by atoms with Crippen molar-refractivity contribution in [2.75, 3.05) is 7.11 Å². The van der Waals surface area contributed by atoms with Crippen molar-refractivity contribution in [1.82, 2.24) is 0 Å². The van der Waals surface area contributed by atoms with Crippen molar-refractivity contribution in [3.8, 4) is 17.1 Å². The van der Waals surface area contributed by atoms with Gasteiger partial charge >= 0.3 is 12.1 Å². The predicted molar refractivity (Wildman–Crippen MR) is 83.1 cm³/mol. The Morgan fingerprint density at radius 1 is 1.08 bits per heavy atom. The molecule has 1 aromatic heterocycles. The summed E-state index contributed by atoms with van der Waals surface area (Å²) in [6.07, 6.45) is -1.31. The molecule has 6 nitrogen and oxygen atoms in total. The van der Waals surface area contributed by atoms with E-state index < -0.39 is 23.7 Å². The molecule has 0 fully saturated rings. The van der Waals surface area contributed by atoms with Crippen LogP contribution in [0.3, 0.4) is 0 Å². The quantitative estimate of drug-likeness (QED) is 0.577. The minimum Gasteiger partial charge on any atom is -0.497 e. The topological polar surface area (TPSA) is 91.8 Å². The van der Waals surface area contributed by atoms with Crippen LogP contribution in [0, 0.1) is 11.6 Å². The molecule has 0 saturated heterocycles. The lowest BCUT2D eigenvalue weighted by atomic mass is 10.1. The third-order valence-corrected chi connectivity index (χ3v) is 3.47. The zero-order chi connectivity index (χ0) is 18.1. The monoisotopic (exact) mass is 347 g/mol. The number of benzene rings is 2. The van der Waals surface area contributed by atoms with Gasteiger partial charge in [0, 0.05) is 10.9 Å². The van der Waals surface area contributed by atoms with E-state index in [1.54, 1.807) is 6.07 Å². The molecule has 2 N–H and O–H groups in total. The second-order valence-electron chi connectivity index (χ2n) is 5.01. The Balaban J connectivity index is 2.27. The van der Waals surface area contributed by atoms with Crippen LogP contribution in [0.2, 0.25) is 0 Å². The van der Waals surface area contributed by atoms with E-state index in [0.29, 0.717) is 5.75 Å². The van der Waals surface area contributed by atoms with Crippen molar-refractivity contribution < 1.29 is 32.3 Å². The molecule has 0 aliphatic carbocycles. The second kappa shape index (κ2) is 6.23. The van der Waals surface area contributed by atoms with Crippen LogP contribution in [-0.4, -0.2) is 19.2 Å². The van der Waals surface area contributed by atoms with Gasteiger partial charge in [0.25, 0.3) is 0 Å². The Kier molecular flexibility index (Phi) is 4.10. The molecule has 3 aromatic rings. The molecule has 25 heavy (non-hydrogen) atoms. The number of carbonyl (C=O) groups excluding carboxylic acids is 2. The molecular formula is C17H11F2NO5. The minimum absolute atomic E-state index is 0.0884. The standard InChI is InChI=1S/C17H11F2NO5/c1-23-9-3-5-13-10(7-9)14(16(21)25-17(20)22)15(24-13)8-2-4-11(18)12(19)6-8/h2-7H,1H3,(H2,20,22). The van der Waals surface area contributed by atoms with Gasteiger partial charge in [-0.3, -0.25) is 0 Å². The molecule has 2 aromatic carbocycles. The molecule has 1 heterocycles. The van der Waals surface area contributed by atoms with Crippen LogP contribution in [0.4, 0.5) is 13.6 Å². The van der Waals surface area contributed by atoms with Crippen LogP contribution < -0.4 is 10.5 Å². The molecular weight excluding hydrogens is 336 g/mol. The van der Waals surface area contributed by atoms with E-state index in [9.17, 15) is 18.4 Å². The predicted octanol–water partition coefficient (Wildman–Crippen LogP) is 3.62. The highest BCUT2D eigenvalue weighted by atomic mass is 19.2. The molecule has 0 unspecified atom stereocenters. The fourth-order valence-corrected chi connectivity index (χ4v) is 2.39. The van der Waals surface area contributed by atoms with Crippen LogP contribution in [0.5, 0.6) is 5.75 Å². The molecule has 0 saturated carbocycles. The van der Waals surface area contributed by atoms with E-state index in [2.05, 4.69) is 4.74 Å². The second-order valence-corrected chi connectivity index (χ2v) is 5.01. The lowest BCUT2D eigenvalue weighted by Gasteiger charge is -2.03. The van der Waals surface area contributed by atoms with Crippen LogP contribution in [-0.2, 0) is 4.74 Å². The fourth-order valence-electron chi connectivity index (χ4n) is 2.39. The number of amides is 1. The van der Waals surface area contributed by atoms with Gasteiger partial charge in [0.1, 0.15) is 22.7 Å². The largest absolute Gasteiger partial charge is 0.497 e. The van der Waals surface area contributed by atoms with Crippen LogP contribution in [0.25, 0.3) is 22.3 Å². The Bertz CT molecular complexity index is 996. The Morgan fingerprint density at radius 2 is 1.84 bits per heavy atom. The molecule has 128 valence electrons. The van der Waals surface area contributed by atoms with E-state index in [-0.39, 0.29) is 27.9 Å². The Labute approximate surface area is 139 Å². The van der Waals surface area contributed by atoms with Gasteiger partial charge in [-0.15, -0.1) is 0 Å². The Hall–Kier alpha value is -3.42. The highest BCUT2D eigenvalue weighted by molar-refractivity contribution is 6.11. The maximum Gasteiger partial charge on any atom is 0.412 e. The molecule has 0 spiro atoms. The van der Waals surface area contributed by atoms with Gasteiger partial charge in [0.05, 0.1) is 7.11 Å². The number of rotatable bonds is 3. The van der Waals surface area contributed by atoms with Gasteiger partial charge in [0.2, 0.25) is 0 Å². The molecule has 8 heteroatoms. The fraction of sp³-hybridized carbons (Fsp3) is 0.0588. The summed E-state index contributed by atoms with van der Waals surface area (Å²) in [5.41, 5.74) is 5.08. The third-order valence-electron chi connectivity index (χ3n) is 3.47. The first-order valence-corrected chi connectivity index (χ1v) is 6.98. The molecule has 3 rings (SSSR count). The van der Waals surface area contributed by atoms with Gasteiger partial charge in [-0.05, 0) is 36.4 Å². The van der Waals surface area contributed by atoms with Crippen molar-refractivity contribution in [2.24, 2.45) is 5.73 Å². The van der Waals surface area contributed by atoms with Gasteiger partial charge in [0.15, 0.2) is 11.6 Å². The molecule has 0 atom stereocenters. The van der Waals surface area contributed by atoms with E-state index in [4.69, 9.17) is 14.9 Å². The van der Waals surface area contributed by atoms with E-state index in [1.807, 2.05) is 0 Å². The first-order chi connectivity index (χ1) is 11.9. The van der Waals surface area contributed by atoms with E-state index >= 15 is 0 Å². The van der Waals surface area contributed by atoms with Gasteiger partial charge in [-0.25, -0.2) is 18.4 Å². The lowest BCUT2D eigenvalue weighted by Crippen LogP contribution is -2.18. The number of furan rings is 1. The number of carbonyl (C=O) groups is 2. The maximum absolute atomic E-state index is 13.6. The van der Waals surface area contributed by atoms with Crippen LogP contribution in [0.15, 0.2) is 40.8 Å². The third kappa shape index (κ3) is 3.01. The van der Waals surface area contributed by atoms with Crippen LogP contribution >= 0.6 is 0 Å². The number of hydrogen-bond donors (Lipinski definition) is 1. The summed E-state index contributed by atoms with van der Waals surface area (Å²) in [5.74, 6) is -2.93. The van der Waals surface area contributed by atoms with Crippen molar-refractivity contribution in [1.29, 1.82) is 0 Å². The summed E-state index contributed by atoms with van der Waals surface area (Å²) >= 11 is 0. The molecule has 0 bridgehead atoms. The number of primary amides is 1. The number of ether oxygens (including phenoxy) is 2. The number of halogens is 2. The molecule has 1 amide bonds. The zero-order valence-corrected chi connectivity index (χ0v) is 12.8. The first-order valence-electron chi connectivity index (χ1n) is 6.98. The summed E-state index contributed by atoms with van der Waals surface area (Å²) in [7, 11) is 1.43. The van der Waals surface area contributed by atoms with Gasteiger partial charge < -0.3 is 19.6 Å². The smallest absolute Gasteiger partial charge is 0.412 e. The van der Waals surface area contributed by atoms with Gasteiger partial charge in [-0.1, -0.05) is 0 Å². The van der Waals surface area contributed by atoms with E-state index in [1.165, 1.54) is 25.3 Å². The zero-order valence-electron chi connectivity index (χ0n) is 12.8. The molecule has 0 radical (unpaired) electrons. The Morgan fingerprint density at radius 3 is 2.48 bits per heavy atom. The highest BCUT2D eigenvalue weighted by Crippen LogP contribution is 2.36. The summed E-state index contributed by atoms with van der Waals surface area (Å²) < 4.78 is 41.8. The minimum atomic E-state index is -1.31. The maximum atomic E-state index is 13.6. The first kappa shape index (κ1) is 16.4. The number of esters is 1. The lowest BCUT2D eigenvalue weighted by molar-refractivity contribution is 0.0640. The van der Waals surface area contributed by atoms with Gasteiger partial charge in [-0.2, -0.15) is 0 Å².